The lowest BCUT2D eigenvalue weighted by Crippen LogP contribution is -2.49. The largest absolute Gasteiger partial charge is 0.375 e. The number of H-pyrrole nitrogens is 1. The Hall–Kier alpha value is -2.86. The number of hydrogen-bond acceptors (Lipinski definition) is 4. The van der Waals surface area contributed by atoms with Crippen molar-refractivity contribution in [3.05, 3.63) is 30.2 Å². The smallest absolute Gasteiger partial charge is 0.328 e. The zero-order valence-corrected chi connectivity index (χ0v) is 16.7. The highest BCUT2D eigenvalue weighted by Crippen LogP contribution is 2.39. The molecule has 2 N–H and O–H groups in total. The van der Waals surface area contributed by atoms with Crippen molar-refractivity contribution in [1.29, 1.82) is 5.26 Å². The van der Waals surface area contributed by atoms with Gasteiger partial charge in [-0.1, -0.05) is 12.6 Å². The summed E-state index contributed by atoms with van der Waals surface area (Å²) in [6, 6.07) is 4.15. The number of anilines is 1. The van der Waals surface area contributed by atoms with Gasteiger partial charge in [0.2, 0.25) is 5.91 Å². The highest BCUT2D eigenvalue weighted by atomic mass is 19.1. The van der Waals surface area contributed by atoms with E-state index in [1.807, 2.05) is 0 Å². The monoisotopic (exact) mass is 410 g/mol. The molecular formula is C21H24BFN4O3. The third kappa shape index (κ3) is 4.19. The van der Waals surface area contributed by atoms with E-state index in [1.165, 1.54) is 23.8 Å². The van der Waals surface area contributed by atoms with E-state index in [-0.39, 0.29) is 30.2 Å². The van der Waals surface area contributed by atoms with Gasteiger partial charge in [-0.25, -0.2) is 14.4 Å². The van der Waals surface area contributed by atoms with Gasteiger partial charge in [0.15, 0.2) is 0 Å². The Bertz CT molecular complexity index is 986. The molecule has 2 aromatic rings. The highest BCUT2D eigenvalue weighted by molar-refractivity contribution is 6.67. The normalized spacial score (nSPS) is 20.7. The van der Waals surface area contributed by atoms with Crippen LogP contribution in [-0.4, -0.2) is 42.4 Å². The number of nitriles is 1. The number of nitrogens with zero attached hydrogens (tertiary/aromatic N) is 2. The van der Waals surface area contributed by atoms with Crippen LogP contribution in [0.4, 0.5) is 14.9 Å². The predicted octanol–water partition coefficient (Wildman–Crippen LogP) is 3.64. The van der Waals surface area contributed by atoms with E-state index in [0.717, 1.165) is 37.5 Å². The van der Waals surface area contributed by atoms with E-state index in [4.69, 9.17) is 10.00 Å². The van der Waals surface area contributed by atoms with Gasteiger partial charge in [0.05, 0.1) is 11.3 Å². The van der Waals surface area contributed by atoms with Gasteiger partial charge < -0.3 is 9.72 Å². The summed E-state index contributed by atoms with van der Waals surface area (Å²) in [6.07, 6.45) is 8.66. The first-order valence-corrected chi connectivity index (χ1v) is 10.4. The van der Waals surface area contributed by atoms with E-state index in [1.54, 1.807) is 18.3 Å². The average Bonchev–Trinajstić information content (AvgIpc) is 3.38. The molecule has 3 fully saturated rings. The van der Waals surface area contributed by atoms with Gasteiger partial charge in [-0.3, -0.25) is 15.0 Å². The lowest BCUT2D eigenvalue weighted by molar-refractivity contribution is -0.120. The first kappa shape index (κ1) is 20.4. The third-order valence-corrected chi connectivity index (χ3v) is 6.23. The number of benzene rings is 1. The van der Waals surface area contributed by atoms with Crippen molar-refractivity contribution in [2.45, 2.75) is 50.3 Å². The van der Waals surface area contributed by atoms with Crippen LogP contribution in [0.25, 0.3) is 10.9 Å². The molecule has 3 saturated heterocycles. The Morgan fingerprint density at radius 2 is 2.03 bits per heavy atom. The molecule has 156 valence electrons. The Kier molecular flexibility index (Phi) is 5.77. The summed E-state index contributed by atoms with van der Waals surface area (Å²) in [5.74, 6) is 1.53. The SMILES string of the molecule is N#CB1CCC2(CCCO2)CC1.O=C1CCN(c2cc3cc[nH]c3cc2F)C(=O)N1. The number of hydrogen-bond donors (Lipinski definition) is 2. The minimum absolute atomic E-state index is 0.177. The fraction of sp³-hybridized carbons (Fsp3) is 0.476. The summed E-state index contributed by atoms with van der Waals surface area (Å²) in [6.45, 7) is 1.44. The molecule has 4 heterocycles. The summed E-state index contributed by atoms with van der Waals surface area (Å²) in [5.41, 5.74) is 1.06. The molecule has 3 aliphatic heterocycles. The molecule has 1 aromatic heterocycles. The molecular weight excluding hydrogens is 386 g/mol. The van der Waals surface area contributed by atoms with Gasteiger partial charge >= 0.3 is 6.03 Å². The molecule has 0 unspecified atom stereocenters. The molecule has 3 aliphatic rings. The minimum Gasteiger partial charge on any atom is -0.375 e. The fourth-order valence-corrected chi connectivity index (χ4v) is 4.49. The van der Waals surface area contributed by atoms with Gasteiger partial charge in [0.1, 0.15) is 5.82 Å². The Labute approximate surface area is 174 Å². The second-order valence-corrected chi connectivity index (χ2v) is 8.16. The molecule has 0 bridgehead atoms. The van der Waals surface area contributed by atoms with Crippen LogP contribution in [0.2, 0.25) is 12.6 Å². The van der Waals surface area contributed by atoms with Crippen molar-refractivity contribution >= 4 is 35.2 Å². The number of imide groups is 1. The molecule has 5 rings (SSSR count). The summed E-state index contributed by atoms with van der Waals surface area (Å²) >= 11 is 0. The second-order valence-electron chi connectivity index (χ2n) is 8.16. The number of fused-ring (bicyclic) bond motifs is 1. The van der Waals surface area contributed by atoms with Crippen molar-refractivity contribution in [2.75, 3.05) is 18.1 Å². The topological polar surface area (TPSA) is 98.2 Å². The molecule has 30 heavy (non-hydrogen) atoms. The van der Waals surface area contributed by atoms with Crippen LogP contribution in [0.1, 0.15) is 32.1 Å². The Balaban J connectivity index is 0.000000158. The molecule has 3 amide bonds. The number of urea groups is 1. The molecule has 7 nitrogen and oxygen atoms in total. The number of nitrogens with one attached hydrogen (secondary N) is 2. The number of carbonyl (C=O) groups excluding carboxylic acids is 2. The van der Waals surface area contributed by atoms with Crippen molar-refractivity contribution in [2.24, 2.45) is 0 Å². The lowest BCUT2D eigenvalue weighted by atomic mass is 9.41. The number of carbonyl (C=O) groups is 2. The van der Waals surface area contributed by atoms with E-state index >= 15 is 0 Å². The minimum atomic E-state index is -0.583. The summed E-state index contributed by atoms with van der Waals surface area (Å²) in [4.78, 5) is 26.8. The molecule has 0 atom stereocenters. The molecule has 0 aliphatic carbocycles. The van der Waals surface area contributed by atoms with Crippen molar-refractivity contribution in [3.8, 4) is 5.97 Å². The number of aromatic nitrogens is 1. The molecule has 0 saturated carbocycles. The standard InChI is InChI=1S/C12H10FN3O2.C9H14BNO/c13-8-6-9-7(1-3-14-9)5-10(8)16-4-2-11(17)15-12(16)18;11-8-10-5-3-9(4-6-10)2-1-7-12-9/h1,3,5-6,14H,2,4H2,(H,15,17,18);1-7H2. The quantitative estimate of drug-likeness (QED) is 0.702. The van der Waals surface area contributed by atoms with E-state index in [2.05, 4.69) is 16.3 Å². The van der Waals surface area contributed by atoms with Crippen molar-refractivity contribution in [1.82, 2.24) is 10.3 Å². The van der Waals surface area contributed by atoms with Gasteiger partial charge in [-0.2, -0.15) is 0 Å². The van der Waals surface area contributed by atoms with E-state index in [0.29, 0.717) is 12.2 Å². The van der Waals surface area contributed by atoms with Gasteiger partial charge in [-0.05, 0) is 37.8 Å². The first-order chi connectivity index (χ1) is 14.5. The van der Waals surface area contributed by atoms with E-state index in [9.17, 15) is 14.0 Å². The van der Waals surface area contributed by atoms with Crippen molar-refractivity contribution < 1.29 is 18.7 Å². The first-order valence-electron chi connectivity index (χ1n) is 10.4. The van der Waals surface area contributed by atoms with Crippen LogP contribution in [-0.2, 0) is 9.53 Å². The van der Waals surface area contributed by atoms with E-state index < -0.39 is 11.8 Å². The Morgan fingerprint density at radius 1 is 1.23 bits per heavy atom. The zero-order chi connectivity index (χ0) is 21.1. The number of aromatic amines is 1. The number of rotatable bonds is 1. The molecule has 0 radical (unpaired) electrons. The summed E-state index contributed by atoms with van der Waals surface area (Å²) in [5, 5.41) is 11.7. The zero-order valence-electron chi connectivity index (χ0n) is 16.7. The van der Waals surface area contributed by atoms with Gasteiger partial charge in [0, 0.05) is 48.7 Å². The lowest BCUT2D eigenvalue weighted by Gasteiger charge is -2.33. The number of amides is 3. The Morgan fingerprint density at radius 3 is 2.70 bits per heavy atom. The third-order valence-electron chi connectivity index (χ3n) is 6.23. The average molecular weight is 410 g/mol. The van der Waals surface area contributed by atoms with Crippen LogP contribution in [0.3, 0.4) is 0 Å². The second kappa shape index (κ2) is 8.48. The maximum absolute atomic E-state index is 13.9. The fourth-order valence-electron chi connectivity index (χ4n) is 4.49. The van der Waals surface area contributed by atoms with Crippen LogP contribution in [0, 0.1) is 17.0 Å². The highest BCUT2D eigenvalue weighted by Gasteiger charge is 2.39. The molecule has 1 spiro atoms. The van der Waals surface area contributed by atoms with Gasteiger partial charge in [0.25, 0.3) is 6.71 Å². The summed E-state index contributed by atoms with van der Waals surface area (Å²) < 4.78 is 19.7. The van der Waals surface area contributed by atoms with Crippen LogP contribution in [0.5, 0.6) is 0 Å². The number of ether oxygens (including phenoxy) is 1. The maximum Gasteiger partial charge on any atom is 0.328 e. The van der Waals surface area contributed by atoms with Crippen LogP contribution >= 0.6 is 0 Å². The molecule has 1 aromatic carbocycles. The van der Waals surface area contributed by atoms with Gasteiger partial charge in [-0.15, -0.1) is 0 Å². The molecule has 9 heteroatoms. The van der Waals surface area contributed by atoms with Crippen LogP contribution in [0.15, 0.2) is 24.4 Å². The number of halogens is 1. The summed E-state index contributed by atoms with van der Waals surface area (Å²) in [7, 11) is 0. The van der Waals surface area contributed by atoms with Crippen molar-refractivity contribution in [3.63, 3.8) is 0 Å². The van der Waals surface area contributed by atoms with Crippen LogP contribution < -0.4 is 10.2 Å². The maximum atomic E-state index is 13.9. The predicted molar refractivity (Wildman–Crippen MR) is 112 cm³/mol.